The Balaban J connectivity index is 2.53. The summed E-state index contributed by atoms with van der Waals surface area (Å²) in [5.41, 5.74) is 0. The van der Waals surface area contributed by atoms with Crippen LogP contribution in [-0.2, 0) is 0 Å². The van der Waals surface area contributed by atoms with Gasteiger partial charge in [0.15, 0.2) is 0 Å². The number of hydrogen-bond donors (Lipinski definition) is 1. The van der Waals surface area contributed by atoms with Crippen molar-refractivity contribution in [3.63, 3.8) is 0 Å². The van der Waals surface area contributed by atoms with E-state index in [4.69, 9.17) is 4.74 Å². The Labute approximate surface area is 98.0 Å². The van der Waals surface area contributed by atoms with Gasteiger partial charge in [-0.05, 0) is 47.6 Å². The number of halogens is 2. The first-order valence-corrected chi connectivity index (χ1v) is 5.75. The third-order valence-electron chi connectivity index (χ3n) is 1.91. The highest BCUT2D eigenvalue weighted by Gasteiger charge is 2.05. The Hall–Kier alpha value is -0.610. The number of hydrogen-bond acceptors (Lipinski definition) is 2. The van der Waals surface area contributed by atoms with Gasteiger partial charge in [-0.2, -0.15) is 0 Å². The maximum Gasteiger partial charge on any atom is 0.137 e. The molecule has 0 aliphatic heterocycles. The molecule has 0 bridgehead atoms. The Morgan fingerprint density at radius 2 is 2.27 bits per heavy atom. The average Bonchev–Trinajstić information content (AvgIpc) is 2.20. The fourth-order valence-electron chi connectivity index (χ4n) is 1.17. The molecule has 0 spiro atoms. The van der Waals surface area contributed by atoms with Gasteiger partial charge in [0.05, 0.1) is 4.47 Å². The summed E-state index contributed by atoms with van der Waals surface area (Å²) >= 11 is 3.12. The maximum atomic E-state index is 12.9. The second kappa shape index (κ2) is 6.08. The zero-order valence-electron chi connectivity index (χ0n) is 8.89. The summed E-state index contributed by atoms with van der Waals surface area (Å²) in [7, 11) is 0. The van der Waals surface area contributed by atoms with Crippen molar-refractivity contribution in [3.8, 4) is 5.75 Å². The molecule has 1 aromatic carbocycles. The standard InChI is InChI=1S/C11H15BrFNO/c1-3-14-7-8(2)15-9-4-5-11(13)10(12)6-9/h4-6,8,14H,3,7H2,1-2H3. The summed E-state index contributed by atoms with van der Waals surface area (Å²) in [6.45, 7) is 5.72. The molecule has 0 aliphatic carbocycles. The van der Waals surface area contributed by atoms with E-state index in [0.29, 0.717) is 10.2 Å². The molecule has 0 saturated heterocycles. The van der Waals surface area contributed by atoms with Crippen LogP contribution in [0.1, 0.15) is 13.8 Å². The highest BCUT2D eigenvalue weighted by molar-refractivity contribution is 9.10. The van der Waals surface area contributed by atoms with Crippen LogP contribution in [0.5, 0.6) is 5.75 Å². The Morgan fingerprint density at radius 1 is 1.53 bits per heavy atom. The van der Waals surface area contributed by atoms with Crippen LogP contribution in [0.3, 0.4) is 0 Å². The van der Waals surface area contributed by atoms with Crippen LogP contribution in [0.2, 0.25) is 0 Å². The number of rotatable bonds is 5. The van der Waals surface area contributed by atoms with Crippen LogP contribution in [0.15, 0.2) is 22.7 Å². The maximum absolute atomic E-state index is 12.9. The van der Waals surface area contributed by atoms with Crippen molar-refractivity contribution < 1.29 is 9.13 Å². The Bertz CT molecular complexity index is 319. The fraction of sp³-hybridized carbons (Fsp3) is 0.455. The lowest BCUT2D eigenvalue weighted by atomic mass is 10.3. The van der Waals surface area contributed by atoms with Crippen LogP contribution < -0.4 is 10.1 Å². The topological polar surface area (TPSA) is 21.3 Å². The predicted octanol–water partition coefficient (Wildman–Crippen LogP) is 2.97. The van der Waals surface area contributed by atoms with Crippen molar-refractivity contribution >= 4 is 15.9 Å². The lowest BCUT2D eigenvalue weighted by Crippen LogP contribution is -2.28. The molecule has 4 heteroatoms. The minimum Gasteiger partial charge on any atom is -0.489 e. The summed E-state index contributed by atoms with van der Waals surface area (Å²) in [5.74, 6) is 0.398. The molecular weight excluding hydrogens is 261 g/mol. The first-order valence-electron chi connectivity index (χ1n) is 4.96. The van der Waals surface area contributed by atoms with Gasteiger partial charge in [-0.1, -0.05) is 6.92 Å². The molecule has 0 aromatic heterocycles. The SMILES string of the molecule is CCNCC(C)Oc1ccc(F)c(Br)c1. The summed E-state index contributed by atoms with van der Waals surface area (Å²) in [6, 6.07) is 4.65. The van der Waals surface area contributed by atoms with Gasteiger partial charge in [0.1, 0.15) is 17.7 Å². The zero-order chi connectivity index (χ0) is 11.3. The monoisotopic (exact) mass is 275 g/mol. The number of nitrogens with one attached hydrogen (secondary N) is 1. The third kappa shape index (κ3) is 4.18. The van der Waals surface area contributed by atoms with Crippen molar-refractivity contribution in [2.45, 2.75) is 20.0 Å². The van der Waals surface area contributed by atoms with Gasteiger partial charge in [-0.3, -0.25) is 0 Å². The molecule has 0 radical (unpaired) electrons. The molecule has 1 aromatic rings. The third-order valence-corrected chi connectivity index (χ3v) is 2.52. The Kier molecular flexibility index (Phi) is 5.05. The van der Waals surface area contributed by atoms with Crippen molar-refractivity contribution in [2.24, 2.45) is 0 Å². The quantitative estimate of drug-likeness (QED) is 0.892. The minimum absolute atomic E-state index is 0.0716. The molecule has 0 saturated carbocycles. The lowest BCUT2D eigenvalue weighted by Gasteiger charge is -2.15. The van der Waals surface area contributed by atoms with E-state index >= 15 is 0 Å². The molecule has 84 valence electrons. The predicted molar refractivity (Wildman–Crippen MR) is 62.7 cm³/mol. The number of likely N-dealkylation sites (N-methyl/N-ethyl adjacent to an activating group) is 1. The number of benzene rings is 1. The van der Waals surface area contributed by atoms with Gasteiger partial charge in [0, 0.05) is 6.54 Å². The van der Waals surface area contributed by atoms with Crippen molar-refractivity contribution in [2.75, 3.05) is 13.1 Å². The average molecular weight is 276 g/mol. The van der Waals surface area contributed by atoms with E-state index in [9.17, 15) is 4.39 Å². The highest BCUT2D eigenvalue weighted by atomic mass is 79.9. The summed E-state index contributed by atoms with van der Waals surface area (Å²) in [5, 5.41) is 3.18. The largest absolute Gasteiger partial charge is 0.489 e. The van der Waals surface area contributed by atoms with E-state index in [-0.39, 0.29) is 11.9 Å². The summed E-state index contributed by atoms with van der Waals surface area (Å²) in [4.78, 5) is 0. The second-order valence-electron chi connectivity index (χ2n) is 3.31. The molecule has 1 rings (SSSR count). The normalized spacial score (nSPS) is 12.5. The second-order valence-corrected chi connectivity index (χ2v) is 4.17. The smallest absolute Gasteiger partial charge is 0.137 e. The van der Waals surface area contributed by atoms with Crippen molar-refractivity contribution in [1.82, 2.24) is 5.32 Å². The lowest BCUT2D eigenvalue weighted by molar-refractivity contribution is 0.218. The zero-order valence-corrected chi connectivity index (χ0v) is 10.5. The van der Waals surface area contributed by atoms with Crippen LogP contribution in [0.25, 0.3) is 0 Å². The first-order chi connectivity index (χ1) is 7.13. The van der Waals surface area contributed by atoms with E-state index in [2.05, 4.69) is 21.2 Å². The van der Waals surface area contributed by atoms with Gasteiger partial charge in [0.2, 0.25) is 0 Å². The van der Waals surface area contributed by atoms with Gasteiger partial charge in [-0.15, -0.1) is 0 Å². The van der Waals surface area contributed by atoms with E-state index in [1.54, 1.807) is 12.1 Å². The van der Waals surface area contributed by atoms with E-state index in [0.717, 1.165) is 13.1 Å². The fourth-order valence-corrected chi connectivity index (χ4v) is 1.53. The summed E-state index contributed by atoms with van der Waals surface area (Å²) < 4.78 is 18.9. The molecule has 2 nitrogen and oxygen atoms in total. The summed E-state index contributed by atoms with van der Waals surface area (Å²) in [6.07, 6.45) is 0.0716. The van der Waals surface area contributed by atoms with E-state index in [1.807, 2.05) is 13.8 Å². The van der Waals surface area contributed by atoms with Crippen LogP contribution >= 0.6 is 15.9 Å². The molecule has 1 atom stereocenters. The first kappa shape index (κ1) is 12.5. The molecule has 0 heterocycles. The molecule has 1 unspecified atom stereocenters. The molecule has 0 aliphatic rings. The van der Waals surface area contributed by atoms with Gasteiger partial charge < -0.3 is 10.1 Å². The van der Waals surface area contributed by atoms with Crippen molar-refractivity contribution in [1.29, 1.82) is 0 Å². The molecule has 0 fully saturated rings. The molecule has 0 amide bonds. The highest BCUT2D eigenvalue weighted by Crippen LogP contribution is 2.22. The van der Waals surface area contributed by atoms with Crippen LogP contribution in [0.4, 0.5) is 4.39 Å². The molecular formula is C11H15BrFNO. The van der Waals surface area contributed by atoms with Crippen molar-refractivity contribution in [3.05, 3.63) is 28.5 Å². The Morgan fingerprint density at radius 3 is 2.87 bits per heavy atom. The minimum atomic E-state index is -0.276. The van der Waals surface area contributed by atoms with Gasteiger partial charge >= 0.3 is 0 Å². The van der Waals surface area contributed by atoms with Crippen LogP contribution in [-0.4, -0.2) is 19.2 Å². The van der Waals surface area contributed by atoms with Crippen LogP contribution in [0, 0.1) is 5.82 Å². The van der Waals surface area contributed by atoms with Gasteiger partial charge in [0.25, 0.3) is 0 Å². The van der Waals surface area contributed by atoms with Gasteiger partial charge in [-0.25, -0.2) is 4.39 Å². The van der Waals surface area contributed by atoms with E-state index < -0.39 is 0 Å². The molecule has 15 heavy (non-hydrogen) atoms. The number of ether oxygens (including phenoxy) is 1. The van der Waals surface area contributed by atoms with E-state index in [1.165, 1.54) is 6.07 Å². The molecule has 1 N–H and O–H groups in total.